The molecule has 0 bridgehead atoms. The molecule has 206 valence electrons. The Morgan fingerprint density at radius 3 is 2.60 bits per heavy atom. The number of aromatic nitrogens is 3. The van der Waals surface area contributed by atoms with Gasteiger partial charge in [-0.15, -0.1) is 0 Å². The van der Waals surface area contributed by atoms with Crippen molar-refractivity contribution < 1.29 is 14.3 Å². The van der Waals surface area contributed by atoms with Gasteiger partial charge in [0.15, 0.2) is 0 Å². The average molecular weight is 540 g/mol. The van der Waals surface area contributed by atoms with Gasteiger partial charge in [0.1, 0.15) is 28.6 Å². The molecule has 9 nitrogen and oxygen atoms in total. The van der Waals surface area contributed by atoms with Gasteiger partial charge in [0.05, 0.1) is 19.4 Å². The number of esters is 1. The van der Waals surface area contributed by atoms with Crippen molar-refractivity contribution in [1.82, 2.24) is 18.9 Å². The van der Waals surface area contributed by atoms with E-state index in [4.69, 9.17) is 9.47 Å². The van der Waals surface area contributed by atoms with Crippen LogP contribution in [0.4, 0.5) is 0 Å². The first-order chi connectivity index (χ1) is 19.4. The highest BCUT2D eigenvalue weighted by atomic mass is 16.5. The van der Waals surface area contributed by atoms with Gasteiger partial charge in [-0.25, -0.2) is 4.79 Å². The van der Waals surface area contributed by atoms with E-state index in [2.05, 4.69) is 16.0 Å². The molecule has 4 aromatic rings. The third kappa shape index (κ3) is 5.49. The van der Waals surface area contributed by atoms with Crippen molar-refractivity contribution in [3.63, 3.8) is 0 Å². The molecule has 40 heavy (non-hydrogen) atoms. The van der Waals surface area contributed by atoms with Gasteiger partial charge in [0.2, 0.25) is 0 Å². The van der Waals surface area contributed by atoms with E-state index < -0.39 is 11.5 Å². The minimum absolute atomic E-state index is 0.0341. The molecule has 0 N–H and O–H groups in total. The number of nitrogens with zero attached hydrogens (tertiary/aromatic N) is 5. The smallest absolute Gasteiger partial charge is 0.345 e. The van der Waals surface area contributed by atoms with Gasteiger partial charge in [-0.2, -0.15) is 5.26 Å². The zero-order valence-electron chi connectivity index (χ0n) is 23.1. The molecule has 9 heteroatoms. The third-order valence-electron chi connectivity index (χ3n) is 7.27. The van der Waals surface area contributed by atoms with E-state index in [0.29, 0.717) is 53.8 Å². The Morgan fingerprint density at radius 2 is 1.98 bits per heavy atom. The average Bonchev–Trinajstić information content (AvgIpc) is 3.73. The molecule has 1 aliphatic carbocycles. The summed E-state index contributed by atoms with van der Waals surface area (Å²) in [4.78, 5) is 33.4. The van der Waals surface area contributed by atoms with E-state index in [9.17, 15) is 14.9 Å². The van der Waals surface area contributed by atoms with Gasteiger partial charge >= 0.3 is 5.97 Å². The predicted molar refractivity (Wildman–Crippen MR) is 151 cm³/mol. The number of methoxy groups -OCH3 is 1. The standard InChI is InChI=1S/C31H33N5O4/c1-4-40-31(38)26-19-35(18-21-8-9-21)29-25(17-32)28(22-10-12-24(39-3)13-11-22)27(36(29)30(26)37)20-34(2)16-14-23-7-5-6-15-33-23/h5-7,10-13,15,19,21H,4,8-9,14,16,18,20H2,1-3H3. The van der Waals surface area contributed by atoms with Crippen LogP contribution < -0.4 is 10.3 Å². The minimum Gasteiger partial charge on any atom is -0.497 e. The molecular formula is C31H33N5O4. The fourth-order valence-corrected chi connectivity index (χ4v) is 5.07. The summed E-state index contributed by atoms with van der Waals surface area (Å²) in [5.74, 6) is 0.473. The Hall–Kier alpha value is -4.42. The number of benzene rings is 1. The lowest BCUT2D eigenvalue weighted by atomic mass is 10.0. The lowest BCUT2D eigenvalue weighted by Crippen LogP contribution is -2.30. The van der Waals surface area contributed by atoms with Crippen LogP contribution in [0.1, 0.15) is 47.1 Å². The van der Waals surface area contributed by atoms with Gasteiger partial charge in [-0.1, -0.05) is 18.2 Å². The van der Waals surface area contributed by atoms with Crippen LogP contribution in [0.25, 0.3) is 16.8 Å². The SMILES string of the molecule is CCOC(=O)c1cn(CC2CC2)c2c(C#N)c(-c3ccc(OC)cc3)c(CN(C)CCc3ccccn3)n2c1=O. The quantitative estimate of drug-likeness (QED) is 0.262. The fourth-order valence-electron chi connectivity index (χ4n) is 5.07. The number of hydrogen-bond acceptors (Lipinski definition) is 7. The van der Waals surface area contributed by atoms with Crippen LogP contribution in [0.5, 0.6) is 5.75 Å². The maximum Gasteiger partial charge on any atom is 0.345 e. The first-order valence-corrected chi connectivity index (χ1v) is 13.6. The molecule has 1 aromatic carbocycles. The molecule has 1 fully saturated rings. The Morgan fingerprint density at radius 1 is 1.20 bits per heavy atom. The number of hydrogen-bond donors (Lipinski definition) is 0. The van der Waals surface area contributed by atoms with E-state index in [1.165, 1.54) is 0 Å². The van der Waals surface area contributed by atoms with Crippen molar-refractivity contribution >= 4 is 11.6 Å². The summed E-state index contributed by atoms with van der Waals surface area (Å²) >= 11 is 0. The van der Waals surface area contributed by atoms with Crippen LogP contribution >= 0.6 is 0 Å². The highest BCUT2D eigenvalue weighted by molar-refractivity contribution is 5.90. The van der Waals surface area contributed by atoms with Gasteiger partial charge in [-0.05, 0) is 62.6 Å². The van der Waals surface area contributed by atoms with Gasteiger partial charge in [-0.3, -0.25) is 14.2 Å². The summed E-state index contributed by atoms with van der Waals surface area (Å²) in [7, 11) is 3.58. The molecule has 0 saturated heterocycles. The van der Waals surface area contributed by atoms with Crippen molar-refractivity contribution in [2.24, 2.45) is 5.92 Å². The number of likely N-dealkylation sites (N-methyl/N-ethyl adjacent to an activating group) is 1. The molecule has 0 radical (unpaired) electrons. The number of carbonyl (C=O) groups excluding carboxylic acids is 1. The van der Waals surface area contributed by atoms with Crippen molar-refractivity contribution in [2.75, 3.05) is 27.3 Å². The molecule has 3 aromatic heterocycles. The van der Waals surface area contributed by atoms with Crippen molar-refractivity contribution in [3.05, 3.63) is 87.7 Å². The number of fused-ring (bicyclic) bond motifs is 1. The summed E-state index contributed by atoms with van der Waals surface area (Å²) in [5.41, 5.74) is 3.50. The summed E-state index contributed by atoms with van der Waals surface area (Å²) in [6.07, 6.45) is 6.22. The summed E-state index contributed by atoms with van der Waals surface area (Å²) in [6.45, 7) is 3.55. The molecule has 0 aliphatic heterocycles. The van der Waals surface area contributed by atoms with Crippen LogP contribution in [0.2, 0.25) is 0 Å². The number of pyridine rings is 1. The lowest BCUT2D eigenvalue weighted by molar-refractivity contribution is 0.0523. The highest BCUT2D eigenvalue weighted by Gasteiger charge is 2.30. The van der Waals surface area contributed by atoms with Crippen molar-refractivity contribution in [1.29, 1.82) is 5.26 Å². The Labute approximate surface area is 233 Å². The van der Waals surface area contributed by atoms with Crippen LogP contribution in [-0.4, -0.2) is 52.1 Å². The maximum absolute atomic E-state index is 14.0. The number of carbonyl (C=O) groups is 1. The Kier molecular flexibility index (Phi) is 7.99. The number of nitriles is 1. The monoisotopic (exact) mass is 539 g/mol. The summed E-state index contributed by atoms with van der Waals surface area (Å²) in [6, 6.07) is 15.7. The molecule has 1 aliphatic rings. The molecule has 0 spiro atoms. The summed E-state index contributed by atoms with van der Waals surface area (Å²) < 4.78 is 14.1. The first-order valence-electron chi connectivity index (χ1n) is 13.6. The zero-order valence-corrected chi connectivity index (χ0v) is 23.1. The number of rotatable bonds is 11. The van der Waals surface area contributed by atoms with Crippen LogP contribution in [0, 0.1) is 17.2 Å². The molecule has 3 heterocycles. The van der Waals surface area contributed by atoms with Crippen LogP contribution in [0.15, 0.2) is 59.7 Å². The maximum atomic E-state index is 14.0. The molecule has 0 atom stereocenters. The van der Waals surface area contributed by atoms with Crippen LogP contribution in [0.3, 0.4) is 0 Å². The zero-order chi connectivity index (χ0) is 28.2. The molecule has 0 amide bonds. The first kappa shape index (κ1) is 27.2. The molecule has 0 unspecified atom stereocenters. The topological polar surface area (TPSA) is 102 Å². The largest absolute Gasteiger partial charge is 0.497 e. The third-order valence-corrected chi connectivity index (χ3v) is 7.27. The van der Waals surface area contributed by atoms with Crippen molar-refractivity contribution in [2.45, 2.75) is 39.3 Å². The van der Waals surface area contributed by atoms with E-state index in [-0.39, 0.29) is 12.2 Å². The Balaban J connectivity index is 1.71. The van der Waals surface area contributed by atoms with Crippen LogP contribution in [-0.2, 0) is 24.2 Å². The second-order valence-corrected chi connectivity index (χ2v) is 10.2. The Bertz CT molecular complexity index is 1610. The van der Waals surface area contributed by atoms with E-state index in [0.717, 1.165) is 30.5 Å². The normalized spacial score (nSPS) is 13.0. The van der Waals surface area contributed by atoms with E-state index in [1.54, 1.807) is 30.8 Å². The number of ether oxygens (including phenoxy) is 2. The second kappa shape index (κ2) is 11.8. The summed E-state index contributed by atoms with van der Waals surface area (Å²) in [5, 5.41) is 10.5. The predicted octanol–water partition coefficient (Wildman–Crippen LogP) is 4.30. The fraction of sp³-hybridized carbons (Fsp3) is 0.355. The van der Waals surface area contributed by atoms with E-state index in [1.807, 2.05) is 54.1 Å². The van der Waals surface area contributed by atoms with Gasteiger partial charge < -0.3 is 18.9 Å². The van der Waals surface area contributed by atoms with Crippen molar-refractivity contribution in [3.8, 4) is 22.9 Å². The molecular weight excluding hydrogens is 506 g/mol. The lowest BCUT2D eigenvalue weighted by Gasteiger charge is -2.18. The van der Waals surface area contributed by atoms with E-state index >= 15 is 0 Å². The minimum atomic E-state index is -0.661. The van der Waals surface area contributed by atoms with Gasteiger partial charge in [0, 0.05) is 49.7 Å². The molecule has 5 rings (SSSR count). The second-order valence-electron chi connectivity index (χ2n) is 10.2. The van der Waals surface area contributed by atoms with Gasteiger partial charge in [0.25, 0.3) is 5.56 Å². The molecule has 1 saturated carbocycles. The highest BCUT2D eigenvalue weighted by Crippen LogP contribution is 2.36.